The Morgan fingerprint density at radius 3 is 2.44 bits per heavy atom. The Bertz CT molecular complexity index is 353. The molecule has 1 saturated heterocycles. The maximum atomic E-state index is 6.07. The monoisotopic (exact) mass is 218 g/mol. The summed E-state index contributed by atoms with van der Waals surface area (Å²) in [5.74, 6) is 0. The fraction of sp³-hybridized carbons (Fsp3) is 0.571. The molecule has 2 nitrogen and oxygen atoms in total. The van der Waals surface area contributed by atoms with Crippen molar-refractivity contribution in [3.63, 3.8) is 0 Å². The lowest BCUT2D eigenvalue weighted by Gasteiger charge is -2.36. The van der Waals surface area contributed by atoms with E-state index in [1.54, 1.807) is 0 Å². The smallest absolute Gasteiger partial charge is 0.0360 e. The number of rotatable bonds is 1. The number of benzene rings is 1. The third kappa shape index (κ3) is 2.45. The molecular formula is C14H22N2. The molecule has 16 heavy (non-hydrogen) atoms. The van der Waals surface area contributed by atoms with Gasteiger partial charge in [0.1, 0.15) is 0 Å². The summed E-state index contributed by atoms with van der Waals surface area (Å²) in [5.41, 5.74) is 10.2. The minimum Gasteiger partial charge on any atom is -0.328 e. The standard InChI is InChI=1S/C14H22N2/c1-10-6-11(2)8-12(7-10)14-9-13(15)4-5-16(14)3/h6-8,13-14H,4-5,9,15H2,1-3H3. The number of likely N-dealkylation sites (tertiary alicyclic amines) is 1. The summed E-state index contributed by atoms with van der Waals surface area (Å²) in [6.45, 7) is 5.44. The highest BCUT2D eigenvalue weighted by Crippen LogP contribution is 2.30. The number of piperidine rings is 1. The van der Waals surface area contributed by atoms with Crippen LogP contribution in [-0.2, 0) is 0 Å². The summed E-state index contributed by atoms with van der Waals surface area (Å²) in [5, 5.41) is 0. The van der Waals surface area contributed by atoms with Gasteiger partial charge in [-0.1, -0.05) is 29.3 Å². The topological polar surface area (TPSA) is 29.3 Å². The summed E-state index contributed by atoms with van der Waals surface area (Å²) in [7, 11) is 2.20. The van der Waals surface area contributed by atoms with Crippen LogP contribution in [0.3, 0.4) is 0 Å². The molecule has 2 heteroatoms. The molecule has 1 aromatic carbocycles. The minimum absolute atomic E-state index is 0.363. The molecule has 2 rings (SSSR count). The number of hydrogen-bond donors (Lipinski definition) is 1. The molecular weight excluding hydrogens is 196 g/mol. The van der Waals surface area contributed by atoms with Crippen molar-refractivity contribution in [1.29, 1.82) is 0 Å². The van der Waals surface area contributed by atoms with Crippen molar-refractivity contribution in [2.75, 3.05) is 13.6 Å². The predicted octanol–water partition coefficient (Wildman–Crippen LogP) is 2.40. The van der Waals surface area contributed by atoms with Crippen LogP contribution in [0.2, 0.25) is 0 Å². The van der Waals surface area contributed by atoms with Gasteiger partial charge in [-0.15, -0.1) is 0 Å². The van der Waals surface area contributed by atoms with Crippen molar-refractivity contribution in [3.8, 4) is 0 Å². The molecule has 88 valence electrons. The number of nitrogens with zero attached hydrogens (tertiary/aromatic N) is 1. The van der Waals surface area contributed by atoms with Crippen molar-refractivity contribution >= 4 is 0 Å². The maximum absolute atomic E-state index is 6.07. The van der Waals surface area contributed by atoms with Crippen LogP contribution in [0.15, 0.2) is 18.2 Å². The molecule has 1 aromatic rings. The SMILES string of the molecule is Cc1cc(C)cc(C2CC(N)CCN2C)c1. The van der Waals surface area contributed by atoms with Crippen molar-refractivity contribution in [2.24, 2.45) is 5.73 Å². The summed E-state index contributed by atoms with van der Waals surface area (Å²) in [4.78, 5) is 2.43. The van der Waals surface area contributed by atoms with Crippen molar-refractivity contribution in [3.05, 3.63) is 34.9 Å². The van der Waals surface area contributed by atoms with Crippen molar-refractivity contribution in [2.45, 2.75) is 38.8 Å². The van der Waals surface area contributed by atoms with Crippen LogP contribution in [0.4, 0.5) is 0 Å². The number of aryl methyl sites for hydroxylation is 2. The largest absolute Gasteiger partial charge is 0.328 e. The lowest BCUT2D eigenvalue weighted by atomic mass is 9.91. The number of hydrogen-bond acceptors (Lipinski definition) is 2. The molecule has 1 heterocycles. The second-order valence-corrected chi connectivity index (χ2v) is 5.20. The van der Waals surface area contributed by atoms with Crippen LogP contribution >= 0.6 is 0 Å². The fourth-order valence-corrected chi connectivity index (χ4v) is 2.70. The Balaban J connectivity index is 2.27. The van der Waals surface area contributed by atoms with E-state index in [-0.39, 0.29) is 0 Å². The molecule has 0 aliphatic carbocycles. The van der Waals surface area contributed by atoms with Gasteiger partial charge >= 0.3 is 0 Å². The zero-order chi connectivity index (χ0) is 11.7. The summed E-state index contributed by atoms with van der Waals surface area (Å²) in [6.07, 6.45) is 2.21. The summed E-state index contributed by atoms with van der Waals surface area (Å²) >= 11 is 0. The highest BCUT2D eigenvalue weighted by Gasteiger charge is 2.25. The molecule has 2 atom stereocenters. The maximum Gasteiger partial charge on any atom is 0.0360 e. The van der Waals surface area contributed by atoms with Crippen LogP contribution < -0.4 is 5.73 Å². The van der Waals surface area contributed by atoms with Crippen molar-refractivity contribution in [1.82, 2.24) is 4.90 Å². The molecule has 0 saturated carbocycles. The Morgan fingerprint density at radius 1 is 1.19 bits per heavy atom. The third-order valence-electron chi connectivity index (χ3n) is 3.54. The van der Waals surface area contributed by atoms with E-state index in [9.17, 15) is 0 Å². The van der Waals surface area contributed by atoms with Gasteiger partial charge in [0.05, 0.1) is 0 Å². The van der Waals surface area contributed by atoms with E-state index >= 15 is 0 Å². The zero-order valence-electron chi connectivity index (χ0n) is 10.5. The van der Waals surface area contributed by atoms with Crippen molar-refractivity contribution < 1.29 is 0 Å². The Kier molecular flexibility index (Phi) is 3.31. The molecule has 0 bridgehead atoms. The van der Waals surface area contributed by atoms with E-state index in [1.807, 2.05) is 0 Å². The first-order valence-electron chi connectivity index (χ1n) is 6.10. The van der Waals surface area contributed by atoms with E-state index < -0.39 is 0 Å². The Labute approximate surface area is 98.4 Å². The Morgan fingerprint density at radius 2 is 1.81 bits per heavy atom. The fourth-order valence-electron chi connectivity index (χ4n) is 2.70. The normalized spacial score (nSPS) is 27.0. The van der Waals surface area contributed by atoms with Gasteiger partial charge in [-0.25, -0.2) is 0 Å². The van der Waals surface area contributed by atoms with Crippen LogP contribution in [0.1, 0.15) is 35.6 Å². The first-order chi connectivity index (χ1) is 7.56. The average Bonchev–Trinajstić information content (AvgIpc) is 2.20. The van der Waals surface area contributed by atoms with Gasteiger partial charge in [-0.2, -0.15) is 0 Å². The highest BCUT2D eigenvalue weighted by molar-refractivity contribution is 5.31. The molecule has 0 amide bonds. The van der Waals surface area contributed by atoms with E-state index in [2.05, 4.69) is 44.0 Å². The first kappa shape index (κ1) is 11.6. The van der Waals surface area contributed by atoms with E-state index in [4.69, 9.17) is 5.73 Å². The lowest BCUT2D eigenvalue weighted by molar-refractivity contribution is 0.171. The molecule has 1 aliphatic rings. The predicted molar refractivity (Wildman–Crippen MR) is 68.5 cm³/mol. The van der Waals surface area contributed by atoms with Gasteiger partial charge in [-0.3, -0.25) is 4.90 Å². The zero-order valence-corrected chi connectivity index (χ0v) is 10.5. The van der Waals surface area contributed by atoms with E-state index in [0.717, 1.165) is 19.4 Å². The van der Waals surface area contributed by atoms with E-state index in [0.29, 0.717) is 12.1 Å². The molecule has 0 spiro atoms. The van der Waals surface area contributed by atoms with Gasteiger partial charge in [0.15, 0.2) is 0 Å². The molecule has 0 radical (unpaired) electrons. The van der Waals surface area contributed by atoms with Gasteiger partial charge in [0.2, 0.25) is 0 Å². The second kappa shape index (κ2) is 4.56. The van der Waals surface area contributed by atoms with Gasteiger partial charge in [-0.05, 0) is 45.8 Å². The van der Waals surface area contributed by atoms with Crippen LogP contribution in [-0.4, -0.2) is 24.5 Å². The minimum atomic E-state index is 0.363. The summed E-state index contributed by atoms with van der Waals surface area (Å²) in [6, 6.07) is 7.69. The molecule has 2 unspecified atom stereocenters. The third-order valence-corrected chi connectivity index (χ3v) is 3.54. The van der Waals surface area contributed by atoms with E-state index in [1.165, 1.54) is 16.7 Å². The molecule has 1 aliphatic heterocycles. The number of nitrogens with two attached hydrogens (primary N) is 1. The Hall–Kier alpha value is -0.860. The quantitative estimate of drug-likeness (QED) is 0.784. The average molecular weight is 218 g/mol. The van der Waals surface area contributed by atoms with Crippen LogP contribution in [0.25, 0.3) is 0 Å². The van der Waals surface area contributed by atoms with Gasteiger partial charge in [0.25, 0.3) is 0 Å². The first-order valence-corrected chi connectivity index (χ1v) is 6.10. The van der Waals surface area contributed by atoms with Gasteiger partial charge < -0.3 is 5.73 Å². The summed E-state index contributed by atoms with van der Waals surface area (Å²) < 4.78 is 0. The lowest BCUT2D eigenvalue weighted by Crippen LogP contribution is -2.39. The van der Waals surface area contributed by atoms with Crippen LogP contribution in [0.5, 0.6) is 0 Å². The molecule has 0 aromatic heterocycles. The molecule has 2 N–H and O–H groups in total. The highest BCUT2D eigenvalue weighted by atomic mass is 15.1. The second-order valence-electron chi connectivity index (χ2n) is 5.20. The molecule has 1 fully saturated rings. The van der Waals surface area contributed by atoms with Crippen LogP contribution in [0, 0.1) is 13.8 Å². The van der Waals surface area contributed by atoms with Gasteiger partial charge in [0, 0.05) is 12.1 Å².